The first-order valence-electron chi connectivity index (χ1n) is 8.28. The van der Waals surface area contributed by atoms with Gasteiger partial charge in [-0.15, -0.1) is 0 Å². The molecule has 0 aliphatic heterocycles. The number of phenolic OH excluding ortho intramolecular Hbond substituents is 1. The standard InChI is InChI=1S/C19H25NO2/c1-4-22-19(14-7-5-8-14)17-11-15-16(9-6-10-18(15)21)20(17)12-13(2)3/h6,9-11,13,21H,4-5,7-8,12H2,1-3H3. The van der Waals surface area contributed by atoms with Gasteiger partial charge in [0.15, 0.2) is 0 Å². The van der Waals surface area contributed by atoms with E-state index >= 15 is 0 Å². The van der Waals surface area contributed by atoms with E-state index in [1.807, 2.05) is 13.0 Å². The van der Waals surface area contributed by atoms with Crippen molar-refractivity contribution in [1.29, 1.82) is 0 Å². The fourth-order valence-electron chi connectivity index (χ4n) is 3.10. The van der Waals surface area contributed by atoms with E-state index in [4.69, 9.17) is 4.74 Å². The van der Waals surface area contributed by atoms with E-state index in [0.717, 1.165) is 41.7 Å². The van der Waals surface area contributed by atoms with Crippen LogP contribution in [-0.2, 0) is 11.3 Å². The first kappa shape index (κ1) is 15.0. The average molecular weight is 299 g/mol. The number of hydrogen-bond acceptors (Lipinski definition) is 2. The fourth-order valence-corrected chi connectivity index (χ4v) is 3.10. The van der Waals surface area contributed by atoms with Gasteiger partial charge in [0, 0.05) is 11.9 Å². The maximum absolute atomic E-state index is 10.2. The summed E-state index contributed by atoms with van der Waals surface area (Å²) in [6.07, 6.45) is 3.51. The predicted molar refractivity (Wildman–Crippen MR) is 90.8 cm³/mol. The average Bonchev–Trinajstić information content (AvgIpc) is 2.76. The lowest BCUT2D eigenvalue weighted by Gasteiger charge is -2.23. The molecule has 1 fully saturated rings. The molecular weight excluding hydrogens is 274 g/mol. The molecule has 1 aromatic carbocycles. The van der Waals surface area contributed by atoms with Crippen LogP contribution in [0.1, 0.15) is 45.7 Å². The van der Waals surface area contributed by atoms with Gasteiger partial charge in [-0.25, -0.2) is 0 Å². The van der Waals surface area contributed by atoms with Gasteiger partial charge in [0.1, 0.15) is 11.5 Å². The fraction of sp³-hybridized carbons (Fsp3) is 0.474. The van der Waals surface area contributed by atoms with Gasteiger partial charge < -0.3 is 14.4 Å². The summed E-state index contributed by atoms with van der Waals surface area (Å²) in [6.45, 7) is 8.07. The molecule has 1 aliphatic rings. The number of allylic oxidation sites excluding steroid dienone is 1. The summed E-state index contributed by atoms with van der Waals surface area (Å²) in [6, 6.07) is 7.83. The van der Waals surface area contributed by atoms with Crippen LogP contribution in [0.5, 0.6) is 5.75 Å². The monoisotopic (exact) mass is 299 g/mol. The molecule has 118 valence electrons. The van der Waals surface area contributed by atoms with Crippen LogP contribution >= 0.6 is 0 Å². The third-order valence-electron chi connectivity index (χ3n) is 4.27. The number of phenols is 1. The van der Waals surface area contributed by atoms with Crippen LogP contribution in [0, 0.1) is 5.92 Å². The maximum atomic E-state index is 10.2. The van der Waals surface area contributed by atoms with Crippen LogP contribution in [0.2, 0.25) is 0 Å². The van der Waals surface area contributed by atoms with Gasteiger partial charge in [0.25, 0.3) is 0 Å². The van der Waals surface area contributed by atoms with Crippen molar-refractivity contribution < 1.29 is 9.84 Å². The highest BCUT2D eigenvalue weighted by molar-refractivity contribution is 5.90. The van der Waals surface area contributed by atoms with E-state index < -0.39 is 0 Å². The quantitative estimate of drug-likeness (QED) is 0.794. The smallest absolute Gasteiger partial charge is 0.142 e. The largest absolute Gasteiger partial charge is 0.507 e. The zero-order valence-electron chi connectivity index (χ0n) is 13.7. The Balaban J connectivity index is 2.20. The molecule has 0 saturated heterocycles. The molecule has 0 amide bonds. The topological polar surface area (TPSA) is 34.4 Å². The molecule has 0 atom stereocenters. The highest BCUT2D eigenvalue weighted by Gasteiger charge is 2.22. The van der Waals surface area contributed by atoms with E-state index in [1.54, 1.807) is 6.07 Å². The lowest BCUT2D eigenvalue weighted by atomic mass is 9.90. The predicted octanol–water partition coefficient (Wildman–Crippen LogP) is 4.93. The molecule has 0 unspecified atom stereocenters. The Morgan fingerprint density at radius 3 is 2.68 bits per heavy atom. The van der Waals surface area contributed by atoms with Crippen molar-refractivity contribution in [2.75, 3.05) is 6.61 Å². The van der Waals surface area contributed by atoms with Gasteiger partial charge in [-0.3, -0.25) is 0 Å². The minimum absolute atomic E-state index is 0.343. The summed E-state index contributed by atoms with van der Waals surface area (Å²) >= 11 is 0. The SMILES string of the molecule is CCOC(=C1CCC1)c1cc2c(O)cccc2n1CC(C)C. The van der Waals surface area contributed by atoms with Crippen molar-refractivity contribution in [2.24, 2.45) is 5.92 Å². The van der Waals surface area contributed by atoms with Gasteiger partial charge in [-0.1, -0.05) is 19.9 Å². The van der Waals surface area contributed by atoms with Crippen molar-refractivity contribution in [3.05, 3.63) is 35.5 Å². The molecule has 0 bridgehead atoms. The first-order chi connectivity index (χ1) is 10.6. The molecule has 0 spiro atoms. The maximum Gasteiger partial charge on any atom is 0.142 e. The number of aromatic nitrogens is 1. The van der Waals surface area contributed by atoms with Gasteiger partial charge in [0.05, 0.1) is 17.8 Å². The molecule has 0 radical (unpaired) electrons. The Bertz CT molecular complexity index is 704. The number of nitrogens with zero attached hydrogens (tertiary/aromatic N) is 1. The molecule has 3 heteroatoms. The number of hydrogen-bond donors (Lipinski definition) is 1. The Hall–Kier alpha value is -1.90. The van der Waals surface area contributed by atoms with Crippen LogP contribution in [-0.4, -0.2) is 16.3 Å². The third kappa shape index (κ3) is 2.60. The Labute approximate surface area is 132 Å². The summed E-state index contributed by atoms with van der Waals surface area (Å²) in [5, 5.41) is 11.1. The second-order valence-electron chi connectivity index (χ2n) is 6.46. The van der Waals surface area contributed by atoms with Gasteiger partial charge in [-0.05, 0) is 55.9 Å². The van der Waals surface area contributed by atoms with Gasteiger partial charge >= 0.3 is 0 Å². The van der Waals surface area contributed by atoms with Crippen molar-refractivity contribution in [2.45, 2.75) is 46.6 Å². The van der Waals surface area contributed by atoms with E-state index in [-0.39, 0.29) is 0 Å². The summed E-state index contributed by atoms with van der Waals surface area (Å²) in [7, 11) is 0. The lowest BCUT2D eigenvalue weighted by molar-refractivity contribution is 0.287. The van der Waals surface area contributed by atoms with Crippen molar-refractivity contribution >= 4 is 16.7 Å². The molecule has 1 aliphatic carbocycles. The van der Waals surface area contributed by atoms with Crippen LogP contribution in [0.15, 0.2) is 29.8 Å². The molecule has 1 aromatic heterocycles. The van der Waals surface area contributed by atoms with E-state index in [2.05, 4.69) is 30.5 Å². The number of ether oxygens (including phenoxy) is 1. The van der Waals surface area contributed by atoms with Crippen LogP contribution in [0.4, 0.5) is 0 Å². The minimum Gasteiger partial charge on any atom is -0.507 e. The Kier molecular flexibility index (Phi) is 4.14. The third-order valence-corrected chi connectivity index (χ3v) is 4.27. The second-order valence-corrected chi connectivity index (χ2v) is 6.46. The Morgan fingerprint density at radius 1 is 1.32 bits per heavy atom. The zero-order valence-corrected chi connectivity index (χ0v) is 13.7. The lowest BCUT2D eigenvalue weighted by Crippen LogP contribution is -2.12. The molecule has 3 rings (SSSR count). The second kappa shape index (κ2) is 6.07. The number of fused-ring (bicyclic) bond motifs is 1. The number of benzene rings is 1. The molecule has 2 aromatic rings. The molecular formula is C19H25NO2. The highest BCUT2D eigenvalue weighted by atomic mass is 16.5. The zero-order chi connectivity index (χ0) is 15.7. The summed E-state index contributed by atoms with van der Waals surface area (Å²) in [5.41, 5.74) is 3.61. The van der Waals surface area contributed by atoms with Crippen molar-refractivity contribution in [1.82, 2.24) is 4.57 Å². The Morgan fingerprint density at radius 2 is 2.09 bits per heavy atom. The summed E-state index contributed by atoms with van der Waals surface area (Å²) < 4.78 is 8.30. The molecule has 1 saturated carbocycles. The van der Waals surface area contributed by atoms with E-state index in [9.17, 15) is 5.11 Å². The summed E-state index contributed by atoms with van der Waals surface area (Å²) in [5.74, 6) is 1.91. The van der Waals surface area contributed by atoms with Crippen LogP contribution < -0.4 is 0 Å². The minimum atomic E-state index is 0.343. The molecule has 1 N–H and O–H groups in total. The highest BCUT2D eigenvalue weighted by Crippen LogP contribution is 2.38. The normalized spacial score (nSPS) is 14.5. The first-order valence-corrected chi connectivity index (χ1v) is 8.28. The number of rotatable bonds is 5. The van der Waals surface area contributed by atoms with Gasteiger partial charge in [-0.2, -0.15) is 0 Å². The van der Waals surface area contributed by atoms with E-state index in [1.165, 1.54) is 12.0 Å². The van der Waals surface area contributed by atoms with Crippen molar-refractivity contribution in [3.8, 4) is 5.75 Å². The summed E-state index contributed by atoms with van der Waals surface area (Å²) in [4.78, 5) is 0. The molecule has 22 heavy (non-hydrogen) atoms. The van der Waals surface area contributed by atoms with Crippen LogP contribution in [0.3, 0.4) is 0 Å². The van der Waals surface area contributed by atoms with Crippen molar-refractivity contribution in [3.63, 3.8) is 0 Å². The van der Waals surface area contributed by atoms with Crippen LogP contribution in [0.25, 0.3) is 16.7 Å². The van der Waals surface area contributed by atoms with E-state index in [0.29, 0.717) is 18.3 Å². The van der Waals surface area contributed by atoms with Gasteiger partial charge in [0.2, 0.25) is 0 Å². The molecule has 1 heterocycles. The number of aromatic hydroxyl groups is 1. The molecule has 3 nitrogen and oxygen atoms in total.